The molecule has 1 aromatic heterocycles. The van der Waals surface area contributed by atoms with Crippen LogP contribution in [0.3, 0.4) is 0 Å². The lowest BCUT2D eigenvalue weighted by Gasteiger charge is -2.39. The third-order valence-corrected chi connectivity index (χ3v) is 8.73. The van der Waals surface area contributed by atoms with Crippen molar-refractivity contribution in [1.29, 1.82) is 0 Å². The van der Waals surface area contributed by atoms with E-state index in [0.29, 0.717) is 31.3 Å². The van der Waals surface area contributed by atoms with Crippen LogP contribution in [-0.2, 0) is 17.8 Å². The molecule has 0 saturated heterocycles. The molecule has 6 nitrogen and oxygen atoms in total. The van der Waals surface area contributed by atoms with Gasteiger partial charge in [0.2, 0.25) is 5.91 Å². The van der Waals surface area contributed by atoms with Gasteiger partial charge in [-0.05, 0) is 68.9 Å². The molecule has 3 aromatic rings. The van der Waals surface area contributed by atoms with Gasteiger partial charge in [0, 0.05) is 30.9 Å². The average Bonchev–Trinajstić information content (AvgIpc) is 3.65. The molecule has 1 atom stereocenters. The normalized spacial score (nSPS) is 17.3. The third kappa shape index (κ3) is 5.48. The molecule has 2 amide bonds. The van der Waals surface area contributed by atoms with Crippen LogP contribution < -0.4 is 4.74 Å². The number of thiazole rings is 1. The monoisotopic (exact) mass is 531 g/mol. The van der Waals surface area contributed by atoms with Crippen LogP contribution in [0.1, 0.15) is 83.3 Å². The van der Waals surface area contributed by atoms with E-state index in [4.69, 9.17) is 4.74 Å². The topological polar surface area (TPSA) is 62.7 Å². The molecular weight excluding hydrogens is 494 g/mol. The maximum Gasteiger partial charge on any atom is 0.273 e. The summed E-state index contributed by atoms with van der Waals surface area (Å²) in [5.41, 5.74) is 5.22. The lowest BCUT2D eigenvalue weighted by Crippen LogP contribution is -2.43. The fraction of sp³-hybridized carbons (Fsp3) is 0.452. The fourth-order valence-corrected chi connectivity index (χ4v) is 6.41. The van der Waals surface area contributed by atoms with E-state index in [2.05, 4.69) is 53.2 Å². The van der Waals surface area contributed by atoms with Crippen molar-refractivity contribution < 1.29 is 14.3 Å². The molecule has 0 spiro atoms. The number of fused-ring (bicyclic) bond motifs is 1. The van der Waals surface area contributed by atoms with Gasteiger partial charge >= 0.3 is 0 Å². The Labute approximate surface area is 229 Å². The average molecular weight is 532 g/mol. The number of carbonyl (C=O) groups is 2. The first-order valence-corrected chi connectivity index (χ1v) is 14.7. The van der Waals surface area contributed by atoms with E-state index in [0.717, 1.165) is 60.5 Å². The van der Waals surface area contributed by atoms with Gasteiger partial charge in [0.25, 0.3) is 5.91 Å². The molecule has 38 heavy (non-hydrogen) atoms. The highest BCUT2D eigenvalue weighted by Crippen LogP contribution is 2.40. The third-order valence-electron chi connectivity index (χ3n) is 7.91. The van der Waals surface area contributed by atoms with Crippen LogP contribution in [-0.4, -0.2) is 46.2 Å². The quantitative estimate of drug-likeness (QED) is 0.348. The van der Waals surface area contributed by atoms with Gasteiger partial charge in [-0.3, -0.25) is 9.59 Å². The van der Waals surface area contributed by atoms with E-state index in [-0.39, 0.29) is 17.9 Å². The van der Waals surface area contributed by atoms with Crippen molar-refractivity contribution in [2.45, 2.75) is 65.5 Å². The van der Waals surface area contributed by atoms with Gasteiger partial charge in [-0.2, -0.15) is 0 Å². The van der Waals surface area contributed by atoms with Crippen LogP contribution >= 0.6 is 11.3 Å². The molecule has 1 aliphatic heterocycles. The number of hydrogen-bond donors (Lipinski definition) is 0. The Balaban J connectivity index is 1.38. The number of carbonyl (C=O) groups excluding carboxylic acids is 2. The van der Waals surface area contributed by atoms with E-state index >= 15 is 0 Å². The number of ether oxygens (including phenoxy) is 1. The van der Waals surface area contributed by atoms with E-state index in [1.807, 2.05) is 25.3 Å². The molecule has 2 aliphatic rings. The van der Waals surface area contributed by atoms with Gasteiger partial charge < -0.3 is 14.5 Å². The molecule has 0 radical (unpaired) electrons. The predicted molar refractivity (Wildman–Crippen MR) is 151 cm³/mol. The predicted octanol–water partition coefficient (Wildman–Crippen LogP) is 6.18. The van der Waals surface area contributed by atoms with Crippen LogP contribution in [0.2, 0.25) is 0 Å². The van der Waals surface area contributed by atoms with Crippen molar-refractivity contribution >= 4 is 23.2 Å². The minimum Gasteiger partial charge on any atom is -0.486 e. The lowest BCUT2D eigenvalue weighted by atomic mass is 9.86. The highest BCUT2D eigenvalue weighted by molar-refractivity contribution is 7.09. The van der Waals surface area contributed by atoms with Crippen molar-refractivity contribution in [3.05, 3.63) is 80.8 Å². The second-order valence-electron chi connectivity index (χ2n) is 10.3. The number of aromatic nitrogens is 1. The molecular formula is C31H37N3O3S. The zero-order valence-corrected chi connectivity index (χ0v) is 23.4. The van der Waals surface area contributed by atoms with Crippen molar-refractivity contribution in [3.8, 4) is 5.75 Å². The van der Waals surface area contributed by atoms with Crippen molar-refractivity contribution in [2.75, 3.05) is 19.6 Å². The molecule has 1 aliphatic carbocycles. The number of amides is 2. The summed E-state index contributed by atoms with van der Waals surface area (Å²) in [5.74, 6) is 1.14. The van der Waals surface area contributed by atoms with E-state index < -0.39 is 0 Å². The number of aryl methyl sites for hydroxylation is 1. The molecule has 5 rings (SSSR count). The van der Waals surface area contributed by atoms with E-state index in [1.54, 1.807) is 4.90 Å². The number of rotatable bonds is 8. The van der Waals surface area contributed by atoms with Gasteiger partial charge in [-0.15, -0.1) is 11.3 Å². The standard InChI is InChI=1S/C31H37N3O3S/c1-4-33(5-2)31(36)27-20-38-28(32-27)19-37-25-15-14-22-16-17-34(30(35)24-8-6-7-9-24)29(26(22)18-25)23-12-10-21(3)11-13-23/h10-15,18,20,24,29H,4-9,16-17,19H2,1-3H3/t29-/m0/s1. The number of nitrogens with zero attached hydrogens (tertiary/aromatic N) is 3. The van der Waals surface area contributed by atoms with Crippen molar-refractivity contribution in [1.82, 2.24) is 14.8 Å². The van der Waals surface area contributed by atoms with E-state index in [1.165, 1.54) is 22.5 Å². The van der Waals surface area contributed by atoms with Crippen LogP contribution in [0, 0.1) is 12.8 Å². The van der Waals surface area contributed by atoms with Crippen LogP contribution in [0.25, 0.3) is 0 Å². The second-order valence-corrected chi connectivity index (χ2v) is 11.3. The summed E-state index contributed by atoms with van der Waals surface area (Å²) in [7, 11) is 0. The number of benzene rings is 2. The Bertz CT molecular complexity index is 1280. The smallest absolute Gasteiger partial charge is 0.273 e. The lowest BCUT2D eigenvalue weighted by molar-refractivity contribution is -0.137. The summed E-state index contributed by atoms with van der Waals surface area (Å²) in [6, 6.07) is 14.7. The molecule has 2 aromatic carbocycles. The van der Waals surface area contributed by atoms with E-state index in [9.17, 15) is 9.59 Å². The van der Waals surface area contributed by atoms with Crippen molar-refractivity contribution in [3.63, 3.8) is 0 Å². The SMILES string of the molecule is CCN(CC)C(=O)c1csc(COc2ccc3c(c2)[C@H](c2ccc(C)cc2)N(C(=O)C2CCCC2)CC3)n1. The minimum absolute atomic E-state index is 0.0424. The minimum atomic E-state index is -0.117. The van der Waals surface area contributed by atoms with Crippen molar-refractivity contribution in [2.24, 2.45) is 5.92 Å². The van der Waals surface area contributed by atoms with Gasteiger partial charge in [0.15, 0.2) is 0 Å². The second kappa shape index (κ2) is 11.7. The van der Waals surface area contributed by atoms with Gasteiger partial charge in [0.1, 0.15) is 23.1 Å². The first-order valence-electron chi connectivity index (χ1n) is 13.8. The van der Waals surface area contributed by atoms with Crippen LogP contribution in [0.5, 0.6) is 5.75 Å². The van der Waals surface area contributed by atoms with Gasteiger partial charge in [-0.25, -0.2) is 4.98 Å². The first-order chi connectivity index (χ1) is 18.5. The Morgan fingerprint density at radius 1 is 1.08 bits per heavy atom. The molecule has 2 heterocycles. The Morgan fingerprint density at radius 3 is 2.53 bits per heavy atom. The first kappa shape index (κ1) is 26.4. The largest absolute Gasteiger partial charge is 0.486 e. The summed E-state index contributed by atoms with van der Waals surface area (Å²) in [5, 5.41) is 2.58. The van der Waals surface area contributed by atoms with Gasteiger partial charge in [0.05, 0.1) is 6.04 Å². The van der Waals surface area contributed by atoms with Crippen LogP contribution in [0.15, 0.2) is 47.8 Å². The van der Waals surface area contributed by atoms with Crippen LogP contribution in [0.4, 0.5) is 0 Å². The summed E-state index contributed by atoms with van der Waals surface area (Å²) < 4.78 is 6.18. The molecule has 200 valence electrons. The molecule has 0 unspecified atom stereocenters. The highest BCUT2D eigenvalue weighted by Gasteiger charge is 2.36. The Hall–Kier alpha value is -3.19. The van der Waals surface area contributed by atoms with Gasteiger partial charge in [-0.1, -0.05) is 48.7 Å². The fourth-order valence-electron chi connectivity index (χ4n) is 5.73. The zero-order valence-electron chi connectivity index (χ0n) is 22.6. The maximum atomic E-state index is 13.7. The molecule has 1 saturated carbocycles. The maximum absolute atomic E-state index is 13.7. The summed E-state index contributed by atoms with van der Waals surface area (Å²) in [6.07, 6.45) is 5.14. The summed E-state index contributed by atoms with van der Waals surface area (Å²) in [4.78, 5) is 34.7. The molecule has 0 bridgehead atoms. The zero-order chi connectivity index (χ0) is 26.6. The molecule has 0 N–H and O–H groups in total. The summed E-state index contributed by atoms with van der Waals surface area (Å²) >= 11 is 1.44. The molecule has 1 fully saturated rings. The Kier molecular flexibility index (Phi) is 8.12. The summed E-state index contributed by atoms with van der Waals surface area (Å²) in [6.45, 7) is 8.40. The Morgan fingerprint density at radius 2 is 1.82 bits per heavy atom. The number of hydrogen-bond acceptors (Lipinski definition) is 5. The molecule has 7 heteroatoms. The highest BCUT2D eigenvalue weighted by atomic mass is 32.1.